The van der Waals surface area contributed by atoms with Crippen molar-refractivity contribution in [2.75, 3.05) is 7.05 Å². The molecule has 0 bridgehead atoms. The Bertz CT molecular complexity index is 560. The molecule has 1 aromatic heterocycles. The Morgan fingerprint density at radius 3 is 2.71 bits per heavy atom. The Kier molecular flexibility index (Phi) is 2.81. The molecular formula is C13H13Cl2NO. The van der Waals surface area contributed by atoms with E-state index in [4.69, 9.17) is 27.6 Å². The van der Waals surface area contributed by atoms with E-state index in [1.165, 1.54) is 12.8 Å². The fourth-order valence-corrected chi connectivity index (χ4v) is 2.84. The van der Waals surface area contributed by atoms with Crippen molar-refractivity contribution in [1.82, 2.24) is 5.32 Å². The van der Waals surface area contributed by atoms with Crippen LogP contribution in [0.3, 0.4) is 0 Å². The third-order valence-electron chi connectivity index (χ3n) is 3.27. The Hall–Kier alpha value is -0.700. The molecule has 1 unspecified atom stereocenters. The third-order valence-corrected chi connectivity index (χ3v) is 3.76. The van der Waals surface area contributed by atoms with Gasteiger partial charge in [0.05, 0.1) is 11.1 Å². The van der Waals surface area contributed by atoms with E-state index in [-0.39, 0.29) is 6.04 Å². The highest BCUT2D eigenvalue weighted by Crippen LogP contribution is 2.43. The Balaban J connectivity index is 2.09. The minimum absolute atomic E-state index is 0.289. The highest BCUT2D eigenvalue weighted by atomic mass is 35.5. The van der Waals surface area contributed by atoms with E-state index < -0.39 is 0 Å². The number of hydrogen-bond acceptors (Lipinski definition) is 2. The molecule has 2 nitrogen and oxygen atoms in total. The number of nitrogens with one attached hydrogen (secondary N) is 1. The summed E-state index contributed by atoms with van der Waals surface area (Å²) in [5.41, 5.74) is 0.729. The van der Waals surface area contributed by atoms with Crippen molar-refractivity contribution in [2.24, 2.45) is 5.92 Å². The molecule has 17 heavy (non-hydrogen) atoms. The van der Waals surface area contributed by atoms with Crippen LogP contribution in [0.15, 0.2) is 22.6 Å². The average molecular weight is 270 g/mol. The fraction of sp³-hybridized carbons (Fsp3) is 0.385. The molecule has 1 saturated carbocycles. The van der Waals surface area contributed by atoms with Crippen molar-refractivity contribution < 1.29 is 4.42 Å². The van der Waals surface area contributed by atoms with Crippen LogP contribution in [0.5, 0.6) is 0 Å². The van der Waals surface area contributed by atoms with Crippen molar-refractivity contribution in [3.63, 3.8) is 0 Å². The maximum absolute atomic E-state index is 6.12. The van der Waals surface area contributed by atoms with Gasteiger partial charge in [0.2, 0.25) is 0 Å². The lowest BCUT2D eigenvalue weighted by Crippen LogP contribution is -2.17. The van der Waals surface area contributed by atoms with Crippen molar-refractivity contribution in [2.45, 2.75) is 18.9 Å². The molecule has 1 atom stereocenters. The number of benzene rings is 1. The van der Waals surface area contributed by atoms with Gasteiger partial charge < -0.3 is 9.73 Å². The maximum Gasteiger partial charge on any atom is 0.153 e. The van der Waals surface area contributed by atoms with Gasteiger partial charge in [0.15, 0.2) is 5.58 Å². The van der Waals surface area contributed by atoms with Gasteiger partial charge in [0.25, 0.3) is 0 Å². The summed E-state index contributed by atoms with van der Waals surface area (Å²) in [5, 5.41) is 5.49. The largest absolute Gasteiger partial charge is 0.458 e. The summed E-state index contributed by atoms with van der Waals surface area (Å²) in [5.74, 6) is 1.64. The number of furan rings is 1. The van der Waals surface area contributed by atoms with E-state index in [1.807, 2.05) is 19.2 Å². The maximum atomic E-state index is 6.12. The summed E-state index contributed by atoms with van der Waals surface area (Å²) >= 11 is 12.1. The van der Waals surface area contributed by atoms with Gasteiger partial charge in [-0.2, -0.15) is 0 Å². The van der Waals surface area contributed by atoms with Gasteiger partial charge in [0, 0.05) is 10.4 Å². The molecule has 0 saturated heterocycles. The number of hydrogen-bond donors (Lipinski definition) is 1. The van der Waals surface area contributed by atoms with Gasteiger partial charge in [0.1, 0.15) is 5.76 Å². The molecule has 90 valence electrons. The smallest absolute Gasteiger partial charge is 0.153 e. The summed E-state index contributed by atoms with van der Waals surface area (Å²) in [6.45, 7) is 0. The monoisotopic (exact) mass is 269 g/mol. The topological polar surface area (TPSA) is 25.2 Å². The lowest BCUT2D eigenvalue weighted by atomic mass is 10.1. The van der Waals surface area contributed by atoms with Gasteiger partial charge in [-0.3, -0.25) is 0 Å². The first-order valence-corrected chi connectivity index (χ1v) is 6.50. The summed E-state index contributed by atoms with van der Waals surface area (Å²) in [6.07, 6.45) is 2.52. The highest BCUT2D eigenvalue weighted by molar-refractivity contribution is 6.38. The summed E-state index contributed by atoms with van der Waals surface area (Å²) in [7, 11) is 1.96. The molecule has 1 fully saturated rings. The summed E-state index contributed by atoms with van der Waals surface area (Å²) in [4.78, 5) is 0. The van der Waals surface area contributed by atoms with Crippen molar-refractivity contribution in [3.8, 4) is 0 Å². The molecule has 1 aromatic carbocycles. The molecule has 2 aromatic rings. The molecule has 1 aliphatic carbocycles. The molecule has 3 rings (SSSR count). The molecule has 1 N–H and O–H groups in total. The van der Waals surface area contributed by atoms with Crippen LogP contribution in [0, 0.1) is 5.92 Å². The second-order valence-electron chi connectivity index (χ2n) is 4.56. The average Bonchev–Trinajstić information content (AvgIpc) is 3.00. The molecule has 0 amide bonds. The lowest BCUT2D eigenvalue weighted by molar-refractivity contribution is 0.419. The van der Waals surface area contributed by atoms with Gasteiger partial charge in [-0.15, -0.1) is 0 Å². The van der Waals surface area contributed by atoms with Crippen LogP contribution in [-0.4, -0.2) is 7.05 Å². The molecular weight excluding hydrogens is 257 g/mol. The standard InChI is InChI=1S/C13H13Cl2NO/c1-16-12(7-2-3-7)11-5-8-4-9(14)6-10(15)13(8)17-11/h4-7,12,16H,2-3H2,1H3. The van der Waals surface area contributed by atoms with Crippen molar-refractivity contribution in [3.05, 3.63) is 34.0 Å². The first kappa shape index (κ1) is 11.4. The number of rotatable bonds is 3. The van der Waals surface area contributed by atoms with Gasteiger partial charge in [-0.05, 0) is 44.0 Å². The number of fused-ring (bicyclic) bond motifs is 1. The van der Waals surface area contributed by atoms with Crippen LogP contribution in [0.1, 0.15) is 24.6 Å². The van der Waals surface area contributed by atoms with E-state index in [0.717, 1.165) is 16.7 Å². The molecule has 1 aliphatic rings. The molecule has 4 heteroatoms. The fourth-order valence-electron chi connectivity index (χ4n) is 2.29. The zero-order valence-corrected chi connectivity index (χ0v) is 11.0. The zero-order valence-electron chi connectivity index (χ0n) is 9.47. The van der Waals surface area contributed by atoms with Crippen LogP contribution in [0.4, 0.5) is 0 Å². The normalized spacial score (nSPS) is 17.6. The Morgan fingerprint density at radius 2 is 2.06 bits per heavy atom. The van der Waals surface area contributed by atoms with Gasteiger partial charge >= 0.3 is 0 Å². The van der Waals surface area contributed by atoms with Gasteiger partial charge in [-0.25, -0.2) is 0 Å². The molecule has 1 heterocycles. The predicted molar refractivity (Wildman–Crippen MR) is 70.8 cm³/mol. The van der Waals surface area contributed by atoms with E-state index in [2.05, 4.69) is 5.32 Å². The third kappa shape index (κ3) is 2.05. The first-order chi connectivity index (χ1) is 8.19. The second-order valence-corrected chi connectivity index (χ2v) is 5.40. The zero-order chi connectivity index (χ0) is 12.0. The Labute approximate surface area is 110 Å². The van der Waals surface area contributed by atoms with Crippen LogP contribution in [0.25, 0.3) is 11.0 Å². The molecule has 0 spiro atoms. The van der Waals surface area contributed by atoms with E-state index >= 15 is 0 Å². The van der Waals surface area contributed by atoms with E-state index in [0.29, 0.717) is 16.0 Å². The Morgan fingerprint density at radius 1 is 1.29 bits per heavy atom. The first-order valence-electron chi connectivity index (χ1n) is 5.75. The predicted octanol–water partition coefficient (Wildman–Crippen LogP) is 4.41. The van der Waals surface area contributed by atoms with Crippen LogP contribution < -0.4 is 5.32 Å². The SMILES string of the molecule is CNC(c1cc2cc(Cl)cc(Cl)c2o1)C1CC1. The number of halogens is 2. The van der Waals surface area contributed by atoms with Crippen LogP contribution >= 0.6 is 23.2 Å². The molecule has 0 radical (unpaired) electrons. The summed E-state index contributed by atoms with van der Waals surface area (Å²) in [6, 6.07) is 5.92. The van der Waals surface area contributed by atoms with Crippen molar-refractivity contribution >= 4 is 34.2 Å². The summed E-state index contributed by atoms with van der Waals surface area (Å²) < 4.78 is 5.86. The minimum Gasteiger partial charge on any atom is -0.458 e. The quantitative estimate of drug-likeness (QED) is 0.893. The molecule has 0 aliphatic heterocycles. The second kappa shape index (κ2) is 4.20. The van der Waals surface area contributed by atoms with E-state index in [9.17, 15) is 0 Å². The van der Waals surface area contributed by atoms with Crippen LogP contribution in [-0.2, 0) is 0 Å². The lowest BCUT2D eigenvalue weighted by Gasteiger charge is -2.11. The van der Waals surface area contributed by atoms with Crippen molar-refractivity contribution in [1.29, 1.82) is 0 Å². The minimum atomic E-state index is 0.289. The van der Waals surface area contributed by atoms with Gasteiger partial charge in [-0.1, -0.05) is 23.2 Å². The van der Waals surface area contributed by atoms with Crippen LogP contribution in [0.2, 0.25) is 10.0 Å². The highest BCUT2D eigenvalue weighted by Gasteiger charge is 2.33. The van der Waals surface area contributed by atoms with E-state index in [1.54, 1.807) is 6.07 Å².